The first-order chi connectivity index (χ1) is 6.90. The molecule has 0 bridgehead atoms. The summed E-state index contributed by atoms with van der Waals surface area (Å²) in [5.74, 6) is 0.981. The second kappa shape index (κ2) is 4.94. The van der Waals surface area contributed by atoms with Gasteiger partial charge in [0.2, 0.25) is 0 Å². The molecule has 78 valence electrons. The number of aryl methyl sites for hydroxylation is 1. The van der Waals surface area contributed by atoms with Crippen molar-refractivity contribution in [3.05, 3.63) is 22.4 Å². The predicted octanol–water partition coefficient (Wildman–Crippen LogP) is 3.07. The standard InChI is InChI=1S/C12H19NS/c1-2-13-12(10-5-6-10)8-7-11-4-3-9-14-11/h3-4,9-10,12-13H,2,5-8H2,1H3. The third kappa shape index (κ3) is 2.82. The molecule has 1 nitrogen and oxygen atoms in total. The Balaban J connectivity index is 1.76. The maximum Gasteiger partial charge on any atom is 0.00986 e. The first-order valence-corrected chi connectivity index (χ1v) is 6.54. The molecule has 1 fully saturated rings. The summed E-state index contributed by atoms with van der Waals surface area (Å²) in [5, 5.41) is 5.79. The molecule has 1 heterocycles. The zero-order valence-corrected chi connectivity index (χ0v) is 9.65. The lowest BCUT2D eigenvalue weighted by Crippen LogP contribution is -2.31. The molecule has 2 rings (SSSR count). The topological polar surface area (TPSA) is 12.0 Å². The fraction of sp³-hybridized carbons (Fsp3) is 0.667. The third-order valence-corrected chi connectivity index (χ3v) is 3.88. The summed E-state index contributed by atoms with van der Waals surface area (Å²) in [6, 6.07) is 5.18. The zero-order chi connectivity index (χ0) is 9.80. The zero-order valence-electron chi connectivity index (χ0n) is 8.83. The molecule has 0 radical (unpaired) electrons. The average Bonchev–Trinajstić information content (AvgIpc) is 2.90. The van der Waals surface area contributed by atoms with Gasteiger partial charge in [-0.05, 0) is 49.6 Å². The van der Waals surface area contributed by atoms with Crippen LogP contribution in [0, 0.1) is 5.92 Å². The number of hydrogen-bond donors (Lipinski definition) is 1. The van der Waals surface area contributed by atoms with E-state index < -0.39 is 0 Å². The Bertz CT molecular complexity index is 251. The van der Waals surface area contributed by atoms with Gasteiger partial charge in [-0.3, -0.25) is 0 Å². The van der Waals surface area contributed by atoms with Crippen molar-refractivity contribution < 1.29 is 0 Å². The maximum absolute atomic E-state index is 3.61. The molecule has 0 saturated heterocycles. The molecule has 1 aromatic heterocycles. The molecular formula is C12H19NS. The molecule has 1 aliphatic carbocycles. The molecule has 1 aliphatic rings. The molecule has 0 amide bonds. The van der Waals surface area contributed by atoms with Crippen LogP contribution in [0.25, 0.3) is 0 Å². The van der Waals surface area contributed by atoms with Crippen molar-refractivity contribution in [2.75, 3.05) is 6.54 Å². The van der Waals surface area contributed by atoms with E-state index in [2.05, 4.69) is 29.8 Å². The first kappa shape index (κ1) is 10.2. The van der Waals surface area contributed by atoms with E-state index in [1.54, 1.807) is 0 Å². The minimum Gasteiger partial charge on any atom is -0.314 e. The van der Waals surface area contributed by atoms with Crippen LogP contribution in [0.2, 0.25) is 0 Å². The highest BCUT2D eigenvalue weighted by Gasteiger charge is 2.29. The quantitative estimate of drug-likeness (QED) is 0.759. The van der Waals surface area contributed by atoms with E-state index in [9.17, 15) is 0 Å². The molecule has 0 aromatic carbocycles. The average molecular weight is 209 g/mol. The van der Waals surface area contributed by atoms with Crippen LogP contribution in [0.1, 0.15) is 31.1 Å². The van der Waals surface area contributed by atoms with Gasteiger partial charge in [0.25, 0.3) is 0 Å². The van der Waals surface area contributed by atoms with Gasteiger partial charge >= 0.3 is 0 Å². The molecule has 0 aliphatic heterocycles. The van der Waals surface area contributed by atoms with Crippen LogP contribution in [0.4, 0.5) is 0 Å². The maximum atomic E-state index is 3.61. The second-order valence-corrected chi connectivity index (χ2v) is 5.15. The fourth-order valence-corrected chi connectivity index (χ4v) is 2.74. The van der Waals surface area contributed by atoms with Crippen LogP contribution >= 0.6 is 11.3 Å². The molecule has 0 spiro atoms. The van der Waals surface area contributed by atoms with E-state index in [0.29, 0.717) is 0 Å². The summed E-state index contributed by atoms with van der Waals surface area (Å²) >= 11 is 1.89. The lowest BCUT2D eigenvalue weighted by Gasteiger charge is -2.16. The fourth-order valence-electron chi connectivity index (χ4n) is 2.02. The van der Waals surface area contributed by atoms with Gasteiger partial charge in [-0.25, -0.2) is 0 Å². The minimum atomic E-state index is 0.780. The van der Waals surface area contributed by atoms with Gasteiger partial charge < -0.3 is 5.32 Å². The van der Waals surface area contributed by atoms with Crippen molar-refractivity contribution in [2.45, 2.75) is 38.6 Å². The summed E-state index contributed by atoms with van der Waals surface area (Å²) in [5.41, 5.74) is 0. The van der Waals surface area contributed by atoms with Crippen molar-refractivity contribution in [3.63, 3.8) is 0 Å². The number of hydrogen-bond acceptors (Lipinski definition) is 2. The van der Waals surface area contributed by atoms with Crippen LogP contribution in [-0.2, 0) is 6.42 Å². The Hall–Kier alpha value is -0.340. The molecule has 1 N–H and O–H groups in total. The Labute approximate surface area is 90.5 Å². The molecule has 2 heteroatoms. The van der Waals surface area contributed by atoms with E-state index in [-0.39, 0.29) is 0 Å². The van der Waals surface area contributed by atoms with E-state index >= 15 is 0 Å². The van der Waals surface area contributed by atoms with E-state index in [4.69, 9.17) is 0 Å². The minimum absolute atomic E-state index is 0.780. The highest BCUT2D eigenvalue weighted by molar-refractivity contribution is 7.09. The normalized spacial score (nSPS) is 18.4. The van der Waals surface area contributed by atoms with E-state index in [0.717, 1.165) is 18.5 Å². The number of thiophene rings is 1. The largest absolute Gasteiger partial charge is 0.314 e. The number of nitrogens with one attached hydrogen (secondary N) is 1. The van der Waals surface area contributed by atoms with Crippen LogP contribution in [0.5, 0.6) is 0 Å². The predicted molar refractivity (Wildman–Crippen MR) is 62.8 cm³/mol. The van der Waals surface area contributed by atoms with Crippen LogP contribution < -0.4 is 5.32 Å². The number of rotatable bonds is 6. The molecular weight excluding hydrogens is 190 g/mol. The third-order valence-electron chi connectivity index (χ3n) is 2.94. The lowest BCUT2D eigenvalue weighted by atomic mass is 10.1. The summed E-state index contributed by atoms with van der Waals surface area (Å²) in [4.78, 5) is 1.54. The smallest absolute Gasteiger partial charge is 0.00986 e. The van der Waals surface area contributed by atoms with Gasteiger partial charge in [0, 0.05) is 10.9 Å². The lowest BCUT2D eigenvalue weighted by molar-refractivity contribution is 0.447. The van der Waals surface area contributed by atoms with Crippen LogP contribution in [-0.4, -0.2) is 12.6 Å². The SMILES string of the molecule is CCNC(CCc1cccs1)C1CC1. The highest BCUT2D eigenvalue weighted by atomic mass is 32.1. The first-order valence-electron chi connectivity index (χ1n) is 5.66. The van der Waals surface area contributed by atoms with Gasteiger partial charge in [0.15, 0.2) is 0 Å². The van der Waals surface area contributed by atoms with Crippen molar-refractivity contribution in [1.82, 2.24) is 5.32 Å². The van der Waals surface area contributed by atoms with Gasteiger partial charge in [-0.15, -0.1) is 11.3 Å². The van der Waals surface area contributed by atoms with Crippen LogP contribution in [0.15, 0.2) is 17.5 Å². The molecule has 1 unspecified atom stereocenters. The van der Waals surface area contributed by atoms with Gasteiger partial charge in [0.05, 0.1) is 0 Å². The molecule has 1 aromatic rings. The van der Waals surface area contributed by atoms with Crippen molar-refractivity contribution in [2.24, 2.45) is 5.92 Å². The second-order valence-electron chi connectivity index (χ2n) is 4.12. The molecule has 1 atom stereocenters. The summed E-state index contributed by atoms with van der Waals surface area (Å²) in [6.45, 7) is 3.33. The van der Waals surface area contributed by atoms with Gasteiger partial charge in [-0.2, -0.15) is 0 Å². The Morgan fingerprint density at radius 2 is 2.43 bits per heavy atom. The molecule has 1 saturated carbocycles. The Morgan fingerprint density at radius 3 is 3.00 bits per heavy atom. The van der Waals surface area contributed by atoms with Crippen molar-refractivity contribution in [1.29, 1.82) is 0 Å². The van der Waals surface area contributed by atoms with Gasteiger partial charge in [-0.1, -0.05) is 13.0 Å². The van der Waals surface area contributed by atoms with Crippen molar-refractivity contribution >= 4 is 11.3 Å². The summed E-state index contributed by atoms with van der Waals surface area (Å²) < 4.78 is 0. The van der Waals surface area contributed by atoms with Crippen LogP contribution in [0.3, 0.4) is 0 Å². The van der Waals surface area contributed by atoms with E-state index in [1.165, 1.54) is 30.6 Å². The summed E-state index contributed by atoms with van der Waals surface area (Å²) in [7, 11) is 0. The highest BCUT2D eigenvalue weighted by Crippen LogP contribution is 2.34. The Morgan fingerprint density at radius 1 is 1.57 bits per heavy atom. The molecule has 14 heavy (non-hydrogen) atoms. The van der Waals surface area contributed by atoms with Crippen molar-refractivity contribution in [3.8, 4) is 0 Å². The van der Waals surface area contributed by atoms with E-state index in [1.807, 2.05) is 11.3 Å². The summed E-state index contributed by atoms with van der Waals surface area (Å²) in [6.07, 6.45) is 5.47. The Kier molecular flexibility index (Phi) is 3.60. The van der Waals surface area contributed by atoms with Gasteiger partial charge in [0.1, 0.15) is 0 Å². The monoisotopic (exact) mass is 209 g/mol.